The van der Waals surface area contributed by atoms with Crippen LogP contribution in [0.2, 0.25) is 5.02 Å². The number of hydrogen-bond donors (Lipinski definition) is 0. The van der Waals surface area contributed by atoms with Crippen LogP contribution < -0.4 is 14.3 Å². The molecule has 6 nitrogen and oxygen atoms in total. The molecule has 0 spiro atoms. The van der Waals surface area contributed by atoms with Crippen molar-refractivity contribution >= 4 is 34.8 Å². The van der Waals surface area contributed by atoms with Crippen molar-refractivity contribution in [3.8, 4) is 22.8 Å². The fraction of sp³-hybridized carbons (Fsp3) is 0.0455. The number of benzene rings is 2. The second-order valence-corrected chi connectivity index (χ2v) is 7.68. The van der Waals surface area contributed by atoms with Gasteiger partial charge < -0.3 is 9.47 Å². The summed E-state index contributed by atoms with van der Waals surface area (Å²) in [5.41, 5.74) is 3.56. The maximum Gasteiger partial charge on any atom is 0.231 e. The molecule has 1 aliphatic rings. The monoisotopic (exact) mass is 434 g/mol. The Morgan fingerprint density at radius 3 is 2.77 bits per heavy atom. The summed E-state index contributed by atoms with van der Waals surface area (Å²) in [5, 5.41) is 7.42. The predicted octanol–water partition coefficient (Wildman–Crippen LogP) is 5.11. The van der Waals surface area contributed by atoms with Gasteiger partial charge in [-0.1, -0.05) is 23.7 Å². The summed E-state index contributed by atoms with van der Waals surface area (Å²) in [7, 11) is 0. The van der Waals surface area contributed by atoms with Crippen LogP contribution in [0.25, 0.3) is 11.3 Å². The van der Waals surface area contributed by atoms with Crippen molar-refractivity contribution < 1.29 is 9.47 Å². The number of hydrogen-bond acceptors (Lipinski definition) is 6. The Kier molecular flexibility index (Phi) is 5.04. The van der Waals surface area contributed by atoms with E-state index < -0.39 is 0 Å². The molecule has 8 heteroatoms. The standard InChI is InChI=1S/C22H15ClN4O2S/c23-17-6-4-16(5-7-17)19-13-30-22(26-18-2-1-9-24-12-18)27(19)25-11-15-3-8-20-21(10-15)29-14-28-20/h1-13H,14H2. The normalized spacial score (nSPS) is 13.3. The molecule has 0 bridgehead atoms. The summed E-state index contributed by atoms with van der Waals surface area (Å²) in [5.74, 6) is 1.46. The molecule has 1 aliphatic heterocycles. The highest BCUT2D eigenvalue weighted by Crippen LogP contribution is 2.32. The zero-order chi connectivity index (χ0) is 20.3. The Morgan fingerprint density at radius 2 is 1.93 bits per heavy atom. The third-order valence-electron chi connectivity index (χ3n) is 4.41. The Morgan fingerprint density at radius 1 is 1.07 bits per heavy atom. The second-order valence-electron chi connectivity index (χ2n) is 6.40. The summed E-state index contributed by atoms with van der Waals surface area (Å²) in [6.45, 7) is 0.240. The summed E-state index contributed by atoms with van der Waals surface area (Å²) in [4.78, 5) is 9.57. The number of rotatable bonds is 4. The van der Waals surface area contributed by atoms with Gasteiger partial charge in [-0.25, -0.2) is 9.67 Å². The number of thiazole rings is 1. The van der Waals surface area contributed by atoms with E-state index in [4.69, 9.17) is 31.2 Å². The minimum absolute atomic E-state index is 0.240. The molecule has 0 atom stereocenters. The van der Waals surface area contributed by atoms with E-state index in [1.165, 1.54) is 11.3 Å². The number of pyridine rings is 1. The van der Waals surface area contributed by atoms with E-state index in [0.717, 1.165) is 33.1 Å². The summed E-state index contributed by atoms with van der Waals surface area (Å²) in [6.07, 6.45) is 5.21. The highest BCUT2D eigenvalue weighted by molar-refractivity contribution is 7.07. The van der Waals surface area contributed by atoms with Crippen molar-refractivity contribution in [2.45, 2.75) is 0 Å². The van der Waals surface area contributed by atoms with Crippen LogP contribution in [-0.2, 0) is 0 Å². The number of aromatic nitrogens is 2. The molecule has 0 saturated heterocycles. The molecule has 3 heterocycles. The van der Waals surface area contributed by atoms with Gasteiger partial charge in [0.1, 0.15) is 0 Å². The lowest BCUT2D eigenvalue weighted by molar-refractivity contribution is 0.174. The van der Waals surface area contributed by atoms with Crippen LogP contribution >= 0.6 is 22.9 Å². The van der Waals surface area contributed by atoms with E-state index >= 15 is 0 Å². The minimum Gasteiger partial charge on any atom is -0.454 e. The van der Waals surface area contributed by atoms with Crippen LogP contribution in [0.15, 0.2) is 82.5 Å². The fourth-order valence-electron chi connectivity index (χ4n) is 2.96. The quantitative estimate of drug-likeness (QED) is 0.419. The molecule has 0 aliphatic carbocycles. The first kappa shape index (κ1) is 18.6. The molecule has 0 N–H and O–H groups in total. The molecule has 0 radical (unpaired) electrons. The fourth-order valence-corrected chi connectivity index (χ4v) is 3.94. The smallest absolute Gasteiger partial charge is 0.231 e. The molecule has 4 aromatic rings. The molecule has 148 valence electrons. The van der Waals surface area contributed by atoms with E-state index in [1.54, 1.807) is 18.6 Å². The summed E-state index contributed by atoms with van der Waals surface area (Å²) < 4.78 is 12.6. The van der Waals surface area contributed by atoms with Gasteiger partial charge in [0.2, 0.25) is 11.6 Å². The molecule has 0 amide bonds. The SMILES string of the molecule is Clc1ccc(-c2csc(=Nc3cccnc3)n2N=Cc2ccc3c(c2)OCO3)cc1. The minimum atomic E-state index is 0.240. The van der Waals surface area contributed by atoms with Crippen molar-refractivity contribution in [1.29, 1.82) is 0 Å². The van der Waals surface area contributed by atoms with E-state index in [0.29, 0.717) is 10.8 Å². The van der Waals surface area contributed by atoms with Crippen LogP contribution in [0.5, 0.6) is 11.5 Å². The third-order valence-corrected chi connectivity index (χ3v) is 5.48. The van der Waals surface area contributed by atoms with Crippen molar-refractivity contribution in [3.63, 3.8) is 0 Å². The largest absolute Gasteiger partial charge is 0.454 e. The van der Waals surface area contributed by atoms with E-state index in [9.17, 15) is 0 Å². The molecule has 2 aromatic carbocycles. The van der Waals surface area contributed by atoms with Gasteiger partial charge >= 0.3 is 0 Å². The molecule has 5 rings (SSSR count). The first-order chi connectivity index (χ1) is 14.8. The third kappa shape index (κ3) is 3.85. The zero-order valence-corrected chi connectivity index (χ0v) is 17.2. The second kappa shape index (κ2) is 8.14. The topological polar surface area (TPSA) is 61.0 Å². The van der Waals surface area contributed by atoms with Gasteiger partial charge in [-0.2, -0.15) is 5.10 Å². The average molecular weight is 435 g/mol. The highest BCUT2D eigenvalue weighted by atomic mass is 35.5. The summed E-state index contributed by atoms with van der Waals surface area (Å²) >= 11 is 7.56. The number of halogens is 1. The average Bonchev–Trinajstić information content (AvgIpc) is 3.40. The number of nitrogens with zero attached hydrogens (tertiary/aromatic N) is 4. The van der Waals surface area contributed by atoms with Crippen LogP contribution in [0.3, 0.4) is 0 Å². The molecule has 0 saturated carbocycles. The predicted molar refractivity (Wildman–Crippen MR) is 118 cm³/mol. The lowest BCUT2D eigenvalue weighted by atomic mass is 10.2. The summed E-state index contributed by atoms with van der Waals surface area (Å²) in [6, 6.07) is 17.1. The highest BCUT2D eigenvalue weighted by Gasteiger charge is 2.13. The molecular weight excluding hydrogens is 420 g/mol. The Balaban J connectivity index is 1.59. The molecule has 30 heavy (non-hydrogen) atoms. The molecule has 2 aromatic heterocycles. The van der Waals surface area contributed by atoms with Crippen LogP contribution in [0.1, 0.15) is 5.56 Å². The van der Waals surface area contributed by atoms with Crippen molar-refractivity contribution in [1.82, 2.24) is 9.66 Å². The Bertz CT molecular complexity index is 1280. The van der Waals surface area contributed by atoms with E-state index in [2.05, 4.69) is 4.98 Å². The van der Waals surface area contributed by atoms with Crippen molar-refractivity contribution in [3.05, 3.63) is 87.8 Å². The van der Waals surface area contributed by atoms with Crippen LogP contribution in [-0.4, -0.2) is 22.7 Å². The number of ether oxygens (including phenoxy) is 2. The van der Waals surface area contributed by atoms with E-state index in [1.807, 2.05) is 64.7 Å². The van der Waals surface area contributed by atoms with Gasteiger partial charge in [-0.3, -0.25) is 4.98 Å². The molecule has 0 unspecified atom stereocenters. The van der Waals surface area contributed by atoms with Gasteiger partial charge in [0.25, 0.3) is 0 Å². The molecule has 0 fully saturated rings. The number of fused-ring (bicyclic) bond motifs is 1. The Labute approximate surface area is 181 Å². The first-order valence-corrected chi connectivity index (χ1v) is 10.4. The maximum atomic E-state index is 6.06. The van der Waals surface area contributed by atoms with Crippen molar-refractivity contribution in [2.24, 2.45) is 10.1 Å². The maximum absolute atomic E-state index is 6.06. The Hall–Kier alpha value is -3.42. The zero-order valence-electron chi connectivity index (χ0n) is 15.6. The lowest BCUT2D eigenvalue weighted by Gasteiger charge is -2.04. The van der Waals surface area contributed by atoms with Gasteiger partial charge in [0.15, 0.2) is 11.5 Å². The lowest BCUT2D eigenvalue weighted by Crippen LogP contribution is -2.11. The van der Waals surface area contributed by atoms with Crippen molar-refractivity contribution in [2.75, 3.05) is 6.79 Å². The van der Waals surface area contributed by atoms with E-state index in [-0.39, 0.29) is 6.79 Å². The van der Waals surface area contributed by atoms with Gasteiger partial charge in [-0.15, -0.1) is 11.3 Å². The van der Waals surface area contributed by atoms with Gasteiger partial charge in [0, 0.05) is 22.2 Å². The van der Waals surface area contributed by atoms with Gasteiger partial charge in [0.05, 0.1) is 23.8 Å². The van der Waals surface area contributed by atoms with Crippen LogP contribution in [0.4, 0.5) is 5.69 Å². The van der Waals surface area contributed by atoms with Gasteiger partial charge in [-0.05, 0) is 48.0 Å². The first-order valence-electron chi connectivity index (χ1n) is 9.11. The van der Waals surface area contributed by atoms with Crippen LogP contribution in [0, 0.1) is 0 Å². The molecular formula is C22H15ClN4O2S.